The van der Waals surface area contributed by atoms with E-state index >= 15 is 0 Å². The smallest absolute Gasteiger partial charge is 0.165 e. The molecular formula is C21H22N2O3. The number of phenols is 1. The van der Waals surface area contributed by atoms with Gasteiger partial charge in [0.2, 0.25) is 0 Å². The molecule has 0 fully saturated rings. The van der Waals surface area contributed by atoms with Crippen LogP contribution in [0.4, 0.5) is 0 Å². The molecule has 1 aliphatic rings. The molecule has 0 saturated carbocycles. The molecule has 1 aromatic heterocycles. The molecule has 0 unspecified atom stereocenters. The summed E-state index contributed by atoms with van der Waals surface area (Å²) in [4.78, 5) is 2.24. The van der Waals surface area contributed by atoms with Crippen molar-refractivity contribution in [3.63, 3.8) is 0 Å². The van der Waals surface area contributed by atoms with Crippen molar-refractivity contribution in [1.82, 2.24) is 10.1 Å². The second-order valence-corrected chi connectivity index (χ2v) is 6.79. The van der Waals surface area contributed by atoms with Crippen molar-refractivity contribution < 1.29 is 14.4 Å². The molecule has 0 aliphatic carbocycles. The van der Waals surface area contributed by atoms with Gasteiger partial charge in [0.25, 0.3) is 0 Å². The first-order chi connectivity index (χ1) is 12.6. The van der Waals surface area contributed by atoms with Crippen molar-refractivity contribution >= 4 is 0 Å². The van der Waals surface area contributed by atoms with E-state index in [9.17, 15) is 5.11 Å². The summed E-state index contributed by atoms with van der Waals surface area (Å²) in [5.74, 6) is 1.61. The predicted octanol–water partition coefficient (Wildman–Crippen LogP) is 4.06. The number of rotatable bonds is 3. The van der Waals surface area contributed by atoms with Crippen LogP contribution in [0, 0.1) is 13.8 Å². The highest BCUT2D eigenvalue weighted by atomic mass is 16.5. The molecule has 0 amide bonds. The fourth-order valence-corrected chi connectivity index (χ4v) is 3.45. The fourth-order valence-electron chi connectivity index (χ4n) is 3.45. The summed E-state index contributed by atoms with van der Waals surface area (Å²) >= 11 is 0. The summed E-state index contributed by atoms with van der Waals surface area (Å²) in [7, 11) is 0. The average Bonchev–Trinajstić information content (AvgIpc) is 2.90. The Morgan fingerprint density at radius 2 is 2.00 bits per heavy atom. The predicted molar refractivity (Wildman–Crippen MR) is 99.1 cm³/mol. The Morgan fingerprint density at radius 3 is 2.77 bits per heavy atom. The van der Waals surface area contributed by atoms with E-state index in [1.54, 1.807) is 6.07 Å². The molecule has 2 aromatic carbocycles. The van der Waals surface area contributed by atoms with Crippen molar-refractivity contribution in [2.45, 2.75) is 26.9 Å². The van der Waals surface area contributed by atoms with Crippen LogP contribution in [0.3, 0.4) is 0 Å². The van der Waals surface area contributed by atoms with Crippen molar-refractivity contribution in [1.29, 1.82) is 0 Å². The molecule has 2 heterocycles. The summed E-state index contributed by atoms with van der Waals surface area (Å²) in [6, 6.07) is 14.0. The third kappa shape index (κ3) is 3.30. The number of nitrogens with zero attached hydrogens (tertiary/aromatic N) is 2. The van der Waals surface area contributed by atoms with Crippen LogP contribution in [-0.4, -0.2) is 28.3 Å². The van der Waals surface area contributed by atoms with Gasteiger partial charge in [0.15, 0.2) is 17.3 Å². The lowest BCUT2D eigenvalue weighted by atomic mass is 9.98. The van der Waals surface area contributed by atoms with Crippen LogP contribution in [0.15, 0.2) is 47.0 Å². The van der Waals surface area contributed by atoms with Gasteiger partial charge in [0.1, 0.15) is 6.61 Å². The summed E-state index contributed by atoms with van der Waals surface area (Å²) in [5.41, 5.74) is 5.16. The monoisotopic (exact) mass is 350 g/mol. The second-order valence-electron chi connectivity index (χ2n) is 6.79. The normalized spacial score (nSPS) is 14.5. The van der Waals surface area contributed by atoms with E-state index in [1.807, 2.05) is 25.1 Å². The van der Waals surface area contributed by atoms with Crippen LogP contribution >= 0.6 is 0 Å². The lowest BCUT2D eigenvalue weighted by molar-refractivity contribution is 0.198. The van der Waals surface area contributed by atoms with Crippen molar-refractivity contribution in [3.05, 3.63) is 65.0 Å². The Balaban J connectivity index is 1.66. The molecule has 26 heavy (non-hydrogen) atoms. The van der Waals surface area contributed by atoms with Gasteiger partial charge >= 0.3 is 0 Å². The highest BCUT2D eigenvalue weighted by molar-refractivity contribution is 5.71. The van der Waals surface area contributed by atoms with E-state index in [0.29, 0.717) is 25.4 Å². The lowest BCUT2D eigenvalue weighted by Gasteiger charge is -2.18. The quantitative estimate of drug-likeness (QED) is 0.772. The number of aromatic nitrogens is 1. The minimum Gasteiger partial charge on any atom is -0.504 e. The topological polar surface area (TPSA) is 58.7 Å². The van der Waals surface area contributed by atoms with E-state index < -0.39 is 0 Å². The number of fused-ring (bicyclic) bond motifs is 1. The van der Waals surface area contributed by atoms with Gasteiger partial charge in [0.05, 0.1) is 12.2 Å². The van der Waals surface area contributed by atoms with E-state index in [4.69, 9.17) is 9.26 Å². The molecule has 0 saturated heterocycles. The van der Waals surface area contributed by atoms with Gasteiger partial charge in [0, 0.05) is 24.7 Å². The van der Waals surface area contributed by atoms with Gasteiger partial charge in [-0.2, -0.15) is 0 Å². The van der Waals surface area contributed by atoms with Gasteiger partial charge in [-0.1, -0.05) is 29.4 Å². The lowest BCUT2D eigenvalue weighted by Crippen LogP contribution is -2.25. The van der Waals surface area contributed by atoms with Crippen LogP contribution < -0.4 is 4.74 Å². The third-order valence-corrected chi connectivity index (χ3v) is 4.71. The maximum atomic E-state index is 10.5. The van der Waals surface area contributed by atoms with Crippen LogP contribution in [-0.2, 0) is 13.1 Å². The Morgan fingerprint density at radius 1 is 1.15 bits per heavy atom. The summed E-state index contributed by atoms with van der Waals surface area (Å²) in [5, 5.41) is 14.5. The molecule has 5 nitrogen and oxygen atoms in total. The maximum Gasteiger partial charge on any atom is 0.165 e. The third-order valence-electron chi connectivity index (χ3n) is 4.71. The second kappa shape index (κ2) is 6.84. The number of hydrogen-bond acceptors (Lipinski definition) is 5. The number of benzene rings is 2. The Kier molecular flexibility index (Phi) is 4.39. The van der Waals surface area contributed by atoms with E-state index in [-0.39, 0.29) is 5.75 Å². The van der Waals surface area contributed by atoms with Crippen LogP contribution in [0.2, 0.25) is 0 Å². The summed E-state index contributed by atoms with van der Waals surface area (Å²) in [6.07, 6.45) is 0. The molecule has 0 spiro atoms. The van der Waals surface area contributed by atoms with Gasteiger partial charge < -0.3 is 14.4 Å². The van der Waals surface area contributed by atoms with Crippen molar-refractivity contribution in [3.8, 4) is 22.6 Å². The summed E-state index contributed by atoms with van der Waals surface area (Å²) < 4.78 is 11.2. The minimum atomic E-state index is 0.193. The van der Waals surface area contributed by atoms with Crippen molar-refractivity contribution in [2.75, 3.05) is 13.2 Å². The Hall–Kier alpha value is -2.79. The molecule has 5 heteroatoms. The zero-order valence-electron chi connectivity index (χ0n) is 15.0. The molecule has 1 aliphatic heterocycles. The van der Waals surface area contributed by atoms with Gasteiger partial charge in [-0.25, -0.2) is 0 Å². The molecule has 0 atom stereocenters. The first kappa shape index (κ1) is 16.7. The Labute approximate surface area is 152 Å². The zero-order chi connectivity index (χ0) is 18.1. The van der Waals surface area contributed by atoms with E-state index in [0.717, 1.165) is 34.7 Å². The fraction of sp³-hybridized carbons (Fsp3) is 0.286. The number of ether oxygens (including phenoxy) is 1. The largest absolute Gasteiger partial charge is 0.504 e. The minimum absolute atomic E-state index is 0.193. The van der Waals surface area contributed by atoms with Gasteiger partial charge in [-0.3, -0.25) is 4.90 Å². The number of phenolic OH excluding ortho intramolecular Hbond substituents is 1. The SMILES string of the molecule is Cc1cc(CN2CCOc3c(O)cc(-c4ccccc4C)cc3C2)on1. The standard InChI is InChI=1S/C21H22N2O3/c1-14-5-3-4-6-19(14)16-10-17-12-23(13-18-9-15(2)22-26-18)7-8-25-21(17)20(24)11-16/h3-6,9-11,24H,7-8,12-13H2,1-2H3. The number of aryl methyl sites for hydroxylation is 2. The first-order valence-corrected chi connectivity index (χ1v) is 8.79. The molecule has 0 bridgehead atoms. The number of hydrogen-bond donors (Lipinski definition) is 1. The first-order valence-electron chi connectivity index (χ1n) is 8.79. The maximum absolute atomic E-state index is 10.5. The zero-order valence-corrected chi connectivity index (χ0v) is 15.0. The molecule has 3 aromatic rings. The van der Waals surface area contributed by atoms with Gasteiger partial charge in [-0.05, 0) is 42.7 Å². The van der Waals surface area contributed by atoms with E-state index in [1.165, 1.54) is 5.56 Å². The van der Waals surface area contributed by atoms with Crippen LogP contribution in [0.5, 0.6) is 11.5 Å². The highest BCUT2D eigenvalue weighted by Gasteiger charge is 2.21. The number of aromatic hydroxyl groups is 1. The molecule has 0 radical (unpaired) electrons. The average molecular weight is 350 g/mol. The Bertz CT molecular complexity index is 933. The van der Waals surface area contributed by atoms with Crippen LogP contribution in [0.1, 0.15) is 22.6 Å². The molecular weight excluding hydrogens is 328 g/mol. The molecule has 134 valence electrons. The molecule has 4 rings (SSSR count). The highest BCUT2D eigenvalue weighted by Crippen LogP contribution is 2.38. The van der Waals surface area contributed by atoms with Crippen LogP contribution in [0.25, 0.3) is 11.1 Å². The summed E-state index contributed by atoms with van der Waals surface area (Å²) in [6.45, 7) is 6.62. The van der Waals surface area contributed by atoms with Gasteiger partial charge in [-0.15, -0.1) is 0 Å². The van der Waals surface area contributed by atoms with Crippen molar-refractivity contribution in [2.24, 2.45) is 0 Å². The van der Waals surface area contributed by atoms with E-state index in [2.05, 4.69) is 35.2 Å². The molecule has 1 N–H and O–H groups in total.